The lowest BCUT2D eigenvalue weighted by molar-refractivity contribution is -0.122. The van der Waals surface area contributed by atoms with Crippen molar-refractivity contribution in [3.8, 4) is 5.75 Å². The maximum atomic E-state index is 12.8. The number of aromatic amines is 1. The molecule has 1 heterocycles. The Morgan fingerprint density at radius 2 is 1.77 bits per heavy atom. The van der Waals surface area contributed by atoms with Crippen molar-refractivity contribution in [3.05, 3.63) is 65.9 Å². The first-order valence-electron chi connectivity index (χ1n) is 11.2. The average molecular weight is 403 g/mol. The van der Waals surface area contributed by atoms with Gasteiger partial charge in [-0.2, -0.15) is 0 Å². The number of hydrogen-bond donors (Lipinski definition) is 2. The highest BCUT2D eigenvalue weighted by Crippen LogP contribution is 2.50. The Labute approximate surface area is 178 Å². The Bertz CT molecular complexity index is 1000. The summed E-state index contributed by atoms with van der Waals surface area (Å²) < 4.78 is 5.33. The van der Waals surface area contributed by atoms with E-state index in [1.54, 1.807) is 7.11 Å². The number of nitrogens with one attached hydrogen (secondary N) is 2. The summed E-state index contributed by atoms with van der Waals surface area (Å²) in [5, 5.41) is 4.48. The minimum Gasteiger partial charge on any atom is -0.497 e. The predicted octanol–water partition coefficient (Wildman–Crippen LogP) is 5.25. The van der Waals surface area contributed by atoms with E-state index < -0.39 is 0 Å². The third-order valence-electron chi connectivity index (χ3n) is 6.89. The summed E-state index contributed by atoms with van der Waals surface area (Å²) in [5.74, 6) is 3.35. The fraction of sp³-hybridized carbons (Fsp3) is 0.423. The number of para-hydroxylation sites is 1. The van der Waals surface area contributed by atoms with Crippen LogP contribution >= 0.6 is 0 Å². The number of carbonyl (C=O) groups is 1. The van der Waals surface area contributed by atoms with Crippen LogP contribution in [0.1, 0.15) is 49.1 Å². The molecule has 1 atom stereocenters. The van der Waals surface area contributed by atoms with Crippen LogP contribution in [0.3, 0.4) is 0 Å². The van der Waals surface area contributed by atoms with E-state index in [2.05, 4.69) is 46.8 Å². The zero-order valence-corrected chi connectivity index (χ0v) is 17.6. The SMILES string of the molecule is COc1ccc(C(CNC(=O)CC(C2CC2)C2CC2)c2c[nH]c3ccccc23)cc1. The van der Waals surface area contributed by atoms with Crippen molar-refractivity contribution in [2.45, 2.75) is 38.0 Å². The molecule has 0 radical (unpaired) electrons. The van der Waals surface area contributed by atoms with Crippen molar-refractivity contribution in [2.24, 2.45) is 17.8 Å². The average Bonchev–Trinajstić information content (AvgIpc) is 3.71. The molecule has 2 N–H and O–H groups in total. The molecule has 4 nitrogen and oxygen atoms in total. The minimum absolute atomic E-state index is 0.0938. The second kappa shape index (κ2) is 8.17. The van der Waals surface area contributed by atoms with Crippen molar-refractivity contribution in [2.75, 3.05) is 13.7 Å². The number of hydrogen-bond acceptors (Lipinski definition) is 2. The molecule has 2 aliphatic carbocycles. The smallest absolute Gasteiger partial charge is 0.220 e. The van der Waals surface area contributed by atoms with Gasteiger partial charge in [0.15, 0.2) is 0 Å². The molecule has 2 aromatic carbocycles. The molecule has 0 bridgehead atoms. The van der Waals surface area contributed by atoms with Gasteiger partial charge in [0, 0.05) is 36.0 Å². The van der Waals surface area contributed by atoms with Crippen LogP contribution < -0.4 is 10.1 Å². The van der Waals surface area contributed by atoms with Gasteiger partial charge in [-0.15, -0.1) is 0 Å². The van der Waals surface area contributed by atoms with Gasteiger partial charge in [0.05, 0.1) is 7.11 Å². The molecule has 2 aliphatic rings. The molecule has 2 fully saturated rings. The summed E-state index contributed by atoms with van der Waals surface area (Å²) >= 11 is 0. The summed E-state index contributed by atoms with van der Waals surface area (Å²) in [6.45, 7) is 0.606. The van der Waals surface area contributed by atoms with Gasteiger partial charge >= 0.3 is 0 Å². The number of H-pyrrole nitrogens is 1. The molecular formula is C26H30N2O2. The van der Waals surface area contributed by atoms with E-state index in [-0.39, 0.29) is 11.8 Å². The fourth-order valence-corrected chi connectivity index (χ4v) is 4.89. The van der Waals surface area contributed by atoms with E-state index in [0.29, 0.717) is 18.9 Å². The summed E-state index contributed by atoms with van der Waals surface area (Å²) in [7, 11) is 1.68. The minimum atomic E-state index is 0.0938. The number of amides is 1. The first-order chi connectivity index (χ1) is 14.7. The first-order valence-corrected chi connectivity index (χ1v) is 11.2. The summed E-state index contributed by atoms with van der Waals surface area (Å²) in [6.07, 6.45) is 8.05. The van der Waals surface area contributed by atoms with Crippen LogP contribution in [0, 0.1) is 17.8 Å². The topological polar surface area (TPSA) is 54.1 Å². The largest absolute Gasteiger partial charge is 0.497 e. The quantitative estimate of drug-likeness (QED) is 0.513. The second-order valence-corrected chi connectivity index (χ2v) is 8.96. The maximum absolute atomic E-state index is 12.8. The Balaban J connectivity index is 1.36. The third kappa shape index (κ3) is 4.09. The van der Waals surface area contributed by atoms with Crippen LogP contribution in [-0.2, 0) is 4.79 Å². The van der Waals surface area contributed by atoms with E-state index in [9.17, 15) is 4.79 Å². The van der Waals surface area contributed by atoms with Crippen LogP contribution in [-0.4, -0.2) is 24.5 Å². The van der Waals surface area contributed by atoms with Gasteiger partial charge in [-0.05, 0) is 72.8 Å². The molecule has 1 amide bonds. The highest BCUT2D eigenvalue weighted by molar-refractivity contribution is 5.84. The van der Waals surface area contributed by atoms with Crippen molar-refractivity contribution in [1.29, 1.82) is 0 Å². The second-order valence-electron chi connectivity index (χ2n) is 8.96. The normalized spacial score (nSPS) is 17.3. The van der Waals surface area contributed by atoms with E-state index in [1.165, 1.54) is 42.2 Å². The molecule has 1 unspecified atom stereocenters. The van der Waals surface area contributed by atoms with Gasteiger partial charge in [-0.3, -0.25) is 4.79 Å². The monoisotopic (exact) mass is 402 g/mol. The van der Waals surface area contributed by atoms with Crippen LogP contribution in [0.15, 0.2) is 54.7 Å². The molecule has 0 aliphatic heterocycles. The lowest BCUT2D eigenvalue weighted by Gasteiger charge is -2.20. The fourth-order valence-electron chi connectivity index (χ4n) is 4.89. The molecule has 2 saturated carbocycles. The molecule has 1 aromatic heterocycles. The van der Waals surface area contributed by atoms with Gasteiger partial charge in [-0.25, -0.2) is 0 Å². The number of rotatable bonds is 9. The molecule has 156 valence electrons. The van der Waals surface area contributed by atoms with Crippen LogP contribution in [0.5, 0.6) is 5.75 Å². The number of ether oxygens (including phenoxy) is 1. The third-order valence-corrected chi connectivity index (χ3v) is 6.89. The Morgan fingerprint density at radius 3 is 2.43 bits per heavy atom. The first kappa shape index (κ1) is 19.2. The predicted molar refractivity (Wildman–Crippen MR) is 120 cm³/mol. The lowest BCUT2D eigenvalue weighted by atomic mass is 9.90. The summed E-state index contributed by atoms with van der Waals surface area (Å²) in [4.78, 5) is 16.2. The Morgan fingerprint density at radius 1 is 1.07 bits per heavy atom. The number of carbonyl (C=O) groups excluding carboxylic acids is 1. The maximum Gasteiger partial charge on any atom is 0.220 e. The van der Waals surface area contributed by atoms with Gasteiger partial charge in [0.2, 0.25) is 5.91 Å². The summed E-state index contributed by atoms with van der Waals surface area (Å²) in [5.41, 5.74) is 3.53. The summed E-state index contributed by atoms with van der Waals surface area (Å²) in [6, 6.07) is 16.6. The van der Waals surface area contributed by atoms with Crippen molar-refractivity contribution in [3.63, 3.8) is 0 Å². The Kier molecular flexibility index (Phi) is 5.24. The molecule has 4 heteroatoms. The number of fused-ring (bicyclic) bond motifs is 1. The highest BCUT2D eigenvalue weighted by Gasteiger charge is 2.42. The molecule has 30 heavy (non-hydrogen) atoms. The standard InChI is InChI=1S/C26H30N2O2/c1-30-20-12-10-19(11-13-20)23(24-16-27-25-5-3-2-4-21(24)25)15-28-26(29)14-22(17-6-7-17)18-8-9-18/h2-5,10-13,16-18,22-23,27H,6-9,14-15H2,1H3,(H,28,29). The zero-order chi connectivity index (χ0) is 20.5. The van der Waals surface area contributed by atoms with E-state index in [1.807, 2.05) is 18.2 Å². The van der Waals surface area contributed by atoms with Gasteiger partial charge < -0.3 is 15.0 Å². The Hall–Kier alpha value is -2.75. The number of aromatic nitrogens is 1. The molecular weight excluding hydrogens is 372 g/mol. The molecule has 3 aromatic rings. The highest BCUT2D eigenvalue weighted by atomic mass is 16.5. The van der Waals surface area contributed by atoms with Crippen molar-refractivity contribution >= 4 is 16.8 Å². The molecule has 5 rings (SSSR count). The van der Waals surface area contributed by atoms with Crippen molar-refractivity contribution in [1.82, 2.24) is 10.3 Å². The lowest BCUT2D eigenvalue weighted by Crippen LogP contribution is -2.31. The van der Waals surface area contributed by atoms with E-state index in [4.69, 9.17) is 4.74 Å². The van der Waals surface area contributed by atoms with E-state index in [0.717, 1.165) is 23.1 Å². The van der Waals surface area contributed by atoms with Crippen LogP contribution in [0.25, 0.3) is 10.9 Å². The van der Waals surface area contributed by atoms with Crippen LogP contribution in [0.2, 0.25) is 0 Å². The van der Waals surface area contributed by atoms with Crippen molar-refractivity contribution < 1.29 is 9.53 Å². The van der Waals surface area contributed by atoms with Gasteiger partial charge in [-0.1, -0.05) is 30.3 Å². The number of methoxy groups -OCH3 is 1. The van der Waals surface area contributed by atoms with Gasteiger partial charge in [0.1, 0.15) is 5.75 Å². The molecule has 0 saturated heterocycles. The zero-order valence-electron chi connectivity index (χ0n) is 17.6. The van der Waals surface area contributed by atoms with Gasteiger partial charge in [0.25, 0.3) is 0 Å². The van der Waals surface area contributed by atoms with E-state index >= 15 is 0 Å². The van der Waals surface area contributed by atoms with Crippen LogP contribution in [0.4, 0.5) is 0 Å². The molecule has 0 spiro atoms. The number of benzene rings is 2.